The van der Waals surface area contributed by atoms with E-state index in [0.29, 0.717) is 13.0 Å². The Balaban J connectivity index is 3.65. The van der Waals surface area contributed by atoms with Crippen LogP contribution in [0.3, 0.4) is 0 Å². The van der Waals surface area contributed by atoms with Gasteiger partial charge in [-0.2, -0.15) is 0 Å². The normalized spacial score (nSPS) is 19.1. The largest absolute Gasteiger partial charge is 0.396 e. The van der Waals surface area contributed by atoms with Gasteiger partial charge in [0, 0.05) is 17.9 Å². The number of ether oxygens (including phenoxy) is 2. The Kier molecular flexibility index (Phi) is 11.0. The molecular weight excluding hydrogens is 342 g/mol. The molecule has 0 heterocycles. The quantitative estimate of drug-likeness (QED) is 0.644. The van der Waals surface area contributed by atoms with Crippen LogP contribution in [-0.2, 0) is 9.47 Å². The van der Waals surface area contributed by atoms with E-state index in [4.69, 9.17) is 49.4 Å². The summed E-state index contributed by atoms with van der Waals surface area (Å²) in [5.74, 6) is 0. The smallest absolute Gasteiger partial charge is 0.149 e. The molecule has 0 aliphatic rings. The monoisotopic (exact) mass is 356 g/mol. The standard InChI is InChI=1S/C9H16BrCl3O3/c1-6(10)4-16-9(13)7(11)5-15-8(12)2-3-14/h6-9,14H,2-5H2,1H3. The summed E-state index contributed by atoms with van der Waals surface area (Å²) >= 11 is 20.9. The summed E-state index contributed by atoms with van der Waals surface area (Å²) in [6, 6.07) is 0. The van der Waals surface area contributed by atoms with Crippen LogP contribution in [0.4, 0.5) is 0 Å². The van der Waals surface area contributed by atoms with Crippen LogP contribution in [0.2, 0.25) is 0 Å². The molecule has 0 fully saturated rings. The minimum atomic E-state index is -0.625. The number of hydrogen-bond donors (Lipinski definition) is 1. The summed E-state index contributed by atoms with van der Waals surface area (Å²) in [6.07, 6.45) is 0.359. The van der Waals surface area contributed by atoms with Crippen LogP contribution >= 0.6 is 50.7 Å². The van der Waals surface area contributed by atoms with E-state index in [1.54, 1.807) is 0 Å². The van der Waals surface area contributed by atoms with Crippen molar-refractivity contribution in [3.63, 3.8) is 0 Å². The van der Waals surface area contributed by atoms with Crippen LogP contribution in [0, 0.1) is 0 Å². The van der Waals surface area contributed by atoms with Crippen molar-refractivity contribution < 1.29 is 14.6 Å². The summed E-state index contributed by atoms with van der Waals surface area (Å²) in [4.78, 5) is 0.216. The highest BCUT2D eigenvalue weighted by Crippen LogP contribution is 2.15. The average molecular weight is 358 g/mol. The molecule has 0 aromatic rings. The van der Waals surface area contributed by atoms with Crippen molar-refractivity contribution in [2.45, 2.75) is 34.7 Å². The lowest BCUT2D eigenvalue weighted by Crippen LogP contribution is -2.27. The van der Waals surface area contributed by atoms with Crippen LogP contribution in [0.1, 0.15) is 13.3 Å². The third-order valence-electron chi connectivity index (χ3n) is 1.56. The van der Waals surface area contributed by atoms with E-state index in [2.05, 4.69) is 15.9 Å². The van der Waals surface area contributed by atoms with Gasteiger partial charge in [0.15, 0.2) is 0 Å². The molecular formula is C9H16BrCl3O3. The summed E-state index contributed by atoms with van der Waals surface area (Å²) in [6.45, 7) is 2.57. The van der Waals surface area contributed by atoms with Gasteiger partial charge >= 0.3 is 0 Å². The third kappa shape index (κ3) is 9.28. The van der Waals surface area contributed by atoms with Gasteiger partial charge in [0.05, 0.1) is 18.6 Å². The van der Waals surface area contributed by atoms with Crippen molar-refractivity contribution in [1.82, 2.24) is 0 Å². The van der Waals surface area contributed by atoms with E-state index in [1.165, 1.54) is 0 Å². The lowest BCUT2D eigenvalue weighted by atomic mass is 10.4. The molecule has 0 saturated carbocycles. The van der Waals surface area contributed by atoms with Gasteiger partial charge in [-0.1, -0.05) is 46.1 Å². The van der Waals surface area contributed by atoms with Gasteiger partial charge in [0.25, 0.3) is 0 Å². The Bertz CT molecular complexity index is 174. The Morgan fingerprint density at radius 1 is 1.19 bits per heavy atom. The predicted molar refractivity (Wildman–Crippen MR) is 70.9 cm³/mol. The summed E-state index contributed by atoms with van der Waals surface area (Å²) in [5, 5.41) is 8.12. The number of rotatable bonds is 9. The van der Waals surface area contributed by atoms with Gasteiger partial charge < -0.3 is 14.6 Å². The molecule has 0 rings (SSSR count). The Hall–Kier alpha value is 1.23. The molecule has 0 spiro atoms. The molecule has 98 valence electrons. The van der Waals surface area contributed by atoms with E-state index in [9.17, 15) is 0 Å². The summed E-state index contributed by atoms with van der Waals surface area (Å²) < 4.78 is 10.4. The van der Waals surface area contributed by atoms with Crippen molar-refractivity contribution in [3.8, 4) is 0 Å². The average Bonchev–Trinajstić information content (AvgIpc) is 2.22. The number of hydrogen-bond acceptors (Lipinski definition) is 3. The fourth-order valence-electron chi connectivity index (χ4n) is 0.786. The van der Waals surface area contributed by atoms with Crippen molar-refractivity contribution >= 4 is 50.7 Å². The number of aliphatic hydroxyl groups is 1. The van der Waals surface area contributed by atoms with Crippen molar-refractivity contribution in [3.05, 3.63) is 0 Å². The van der Waals surface area contributed by atoms with Crippen LogP contribution < -0.4 is 0 Å². The molecule has 4 unspecified atom stereocenters. The van der Waals surface area contributed by atoms with Crippen molar-refractivity contribution in [1.29, 1.82) is 0 Å². The van der Waals surface area contributed by atoms with Crippen LogP contribution in [0.25, 0.3) is 0 Å². The Morgan fingerprint density at radius 2 is 1.81 bits per heavy atom. The maximum atomic E-state index is 8.60. The van der Waals surface area contributed by atoms with E-state index >= 15 is 0 Å². The molecule has 0 aromatic heterocycles. The molecule has 0 radical (unpaired) electrons. The van der Waals surface area contributed by atoms with Crippen molar-refractivity contribution in [2.24, 2.45) is 0 Å². The van der Waals surface area contributed by atoms with Gasteiger partial charge in [-0.05, 0) is 0 Å². The highest BCUT2D eigenvalue weighted by atomic mass is 79.9. The fourth-order valence-corrected chi connectivity index (χ4v) is 1.40. The fraction of sp³-hybridized carbons (Fsp3) is 1.00. The second-order valence-corrected chi connectivity index (χ2v) is 6.28. The van der Waals surface area contributed by atoms with E-state index in [1.807, 2.05) is 6.92 Å². The van der Waals surface area contributed by atoms with Gasteiger partial charge in [-0.15, -0.1) is 11.6 Å². The third-order valence-corrected chi connectivity index (χ3v) is 3.08. The van der Waals surface area contributed by atoms with E-state index < -0.39 is 16.5 Å². The molecule has 0 amide bonds. The van der Waals surface area contributed by atoms with Gasteiger partial charge in [0.2, 0.25) is 0 Å². The summed E-state index contributed by atoms with van der Waals surface area (Å²) in [5.41, 5.74) is -1.18. The first-order valence-electron chi connectivity index (χ1n) is 4.87. The molecule has 0 bridgehead atoms. The lowest BCUT2D eigenvalue weighted by molar-refractivity contribution is 0.0500. The second kappa shape index (κ2) is 10.2. The number of halogens is 4. The SMILES string of the molecule is CC(Br)COC(Cl)C(Cl)COC(Cl)CCO. The zero-order valence-electron chi connectivity index (χ0n) is 8.91. The molecule has 0 aliphatic heterocycles. The first-order valence-corrected chi connectivity index (χ1v) is 7.10. The predicted octanol–water partition coefficient (Wildman–Crippen LogP) is 2.92. The Morgan fingerprint density at radius 3 is 2.31 bits per heavy atom. The molecule has 0 aliphatic carbocycles. The minimum Gasteiger partial charge on any atom is -0.396 e. The second-order valence-electron chi connectivity index (χ2n) is 3.24. The maximum Gasteiger partial charge on any atom is 0.149 e. The summed E-state index contributed by atoms with van der Waals surface area (Å²) in [7, 11) is 0. The van der Waals surface area contributed by atoms with Gasteiger partial charge in [-0.3, -0.25) is 0 Å². The molecule has 0 saturated heterocycles. The molecule has 7 heteroatoms. The van der Waals surface area contributed by atoms with E-state index in [0.717, 1.165) is 0 Å². The zero-order chi connectivity index (χ0) is 12.6. The molecule has 4 atom stereocenters. The Labute approximate surface area is 119 Å². The highest BCUT2D eigenvalue weighted by molar-refractivity contribution is 9.09. The molecule has 16 heavy (non-hydrogen) atoms. The lowest BCUT2D eigenvalue weighted by Gasteiger charge is -2.19. The molecule has 1 N–H and O–H groups in total. The van der Waals surface area contributed by atoms with E-state index in [-0.39, 0.29) is 18.0 Å². The molecule has 0 aromatic carbocycles. The molecule has 3 nitrogen and oxygen atoms in total. The first-order chi connectivity index (χ1) is 7.47. The van der Waals surface area contributed by atoms with Gasteiger partial charge in [-0.25, -0.2) is 0 Å². The van der Waals surface area contributed by atoms with Crippen LogP contribution in [0.15, 0.2) is 0 Å². The number of aliphatic hydroxyl groups excluding tert-OH is 1. The highest BCUT2D eigenvalue weighted by Gasteiger charge is 2.19. The topological polar surface area (TPSA) is 38.7 Å². The van der Waals surface area contributed by atoms with Crippen LogP contribution in [0.5, 0.6) is 0 Å². The first kappa shape index (κ1) is 17.2. The number of alkyl halides is 4. The van der Waals surface area contributed by atoms with Crippen molar-refractivity contribution in [2.75, 3.05) is 19.8 Å². The maximum absolute atomic E-state index is 8.60. The van der Waals surface area contributed by atoms with Gasteiger partial charge in [0.1, 0.15) is 11.1 Å². The van der Waals surface area contributed by atoms with Crippen LogP contribution in [-0.4, -0.2) is 46.3 Å². The zero-order valence-corrected chi connectivity index (χ0v) is 12.8. The minimum absolute atomic E-state index is 0.0248.